The zero-order valence-electron chi connectivity index (χ0n) is 14.6. The van der Waals surface area contributed by atoms with Gasteiger partial charge in [-0.2, -0.15) is 5.48 Å². The maximum atomic E-state index is 12.1. The smallest absolute Gasteiger partial charge is 0.431 e. The predicted octanol–water partition coefficient (Wildman–Crippen LogP) is 2.27. The van der Waals surface area contributed by atoms with Crippen molar-refractivity contribution >= 4 is 12.1 Å². The fourth-order valence-electron chi connectivity index (χ4n) is 3.69. The van der Waals surface area contributed by atoms with Gasteiger partial charge in [-0.05, 0) is 22.3 Å². The van der Waals surface area contributed by atoms with E-state index >= 15 is 0 Å². The van der Waals surface area contributed by atoms with Crippen LogP contribution in [0.4, 0.5) is 4.79 Å². The minimum Gasteiger partial charge on any atom is -0.481 e. The molecular weight excluding hydrogens is 348 g/mol. The number of rotatable bonds is 6. The van der Waals surface area contributed by atoms with Crippen LogP contribution in [-0.4, -0.2) is 42.5 Å². The second-order valence-corrected chi connectivity index (χ2v) is 6.89. The van der Waals surface area contributed by atoms with Crippen molar-refractivity contribution in [2.24, 2.45) is 0 Å². The van der Waals surface area contributed by atoms with Gasteiger partial charge in [0.1, 0.15) is 12.2 Å². The van der Waals surface area contributed by atoms with Crippen LogP contribution in [0, 0.1) is 0 Å². The summed E-state index contributed by atoms with van der Waals surface area (Å²) < 4.78 is 5.37. The van der Waals surface area contributed by atoms with Crippen LogP contribution >= 0.6 is 0 Å². The SMILES string of the molecule is O=C(O)CC1(ONC(=O)OCC2c3ccccc3-c3ccccc32)CNC1. The van der Waals surface area contributed by atoms with Gasteiger partial charge in [0.25, 0.3) is 0 Å². The van der Waals surface area contributed by atoms with E-state index in [1.54, 1.807) is 0 Å². The first-order chi connectivity index (χ1) is 13.1. The van der Waals surface area contributed by atoms with Crippen molar-refractivity contribution in [2.45, 2.75) is 17.9 Å². The van der Waals surface area contributed by atoms with Crippen LogP contribution in [-0.2, 0) is 14.4 Å². The average Bonchev–Trinajstić information content (AvgIpc) is 2.96. The van der Waals surface area contributed by atoms with Crippen LogP contribution in [0.3, 0.4) is 0 Å². The number of carboxylic acid groups (broad SMARTS) is 1. The van der Waals surface area contributed by atoms with E-state index in [1.807, 2.05) is 36.4 Å². The van der Waals surface area contributed by atoms with Crippen LogP contribution in [0.2, 0.25) is 0 Å². The summed E-state index contributed by atoms with van der Waals surface area (Å²) in [5.41, 5.74) is 5.87. The van der Waals surface area contributed by atoms with E-state index in [1.165, 1.54) is 0 Å². The van der Waals surface area contributed by atoms with E-state index in [4.69, 9.17) is 14.7 Å². The molecule has 0 unspecified atom stereocenters. The molecule has 1 heterocycles. The fraction of sp³-hybridized carbons (Fsp3) is 0.300. The van der Waals surface area contributed by atoms with Crippen LogP contribution in [0.5, 0.6) is 0 Å². The van der Waals surface area contributed by atoms with Crippen LogP contribution in [0.15, 0.2) is 48.5 Å². The number of aliphatic carboxylic acids is 1. The predicted molar refractivity (Wildman–Crippen MR) is 97.1 cm³/mol. The van der Waals surface area contributed by atoms with Crippen molar-refractivity contribution < 1.29 is 24.3 Å². The van der Waals surface area contributed by atoms with E-state index in [2.05, 4.69) is 22.9 Å². The summed E-state index contributed by atoms with van der Waals surface area (Å²) in [6.07, 6.45) is -0.919. The highest BCUT2D eigenvalue weighted by Gasteiger charge is 2.42. The lowest BCUT2D eigenvalue weighted by molar-refractivity contribution is -0.160. The molecule has 2 aromatic carbocycles. The zero-order valence-corrected chi connectivity index (χ0v) is 14.6. The molecule has 140 valence electrons. The summed E-state index contributed by atoms with van der Waals surface area (Å²) >= 11 is 0. The first kappa shape index (κ1) is 17.5. The van der Waals surface area contributed by atoms with E-state index < -0.39 is 17.7 Å². The number of hydrogen-bond acceptors (Lipinski definition) is 5. The summed E-state index contributed by atoms with van der Waals surface area (Å²) in [4.78, 5) is 28.3. The minimum absolute atomic E-state index is 0.0403. The molecule has 1 saturated heterocycles. The first-order valence-electron chi connectivity index (χ1n) is 8.79. The van der Waals surface area contributed by atoms with E-state index in [0.29, 0.717) is 13.1 Å². The van der Waals surface area contributed by atoms with Crippen LogP contribution < -0.4 is 10.8 Å². The number of fused-ring (bicyclic) bond motifs is 3. The molecule has 7 heteroatoms. The van der Waals surface area contributed by atoms with Gasteiger partial charge in [0.05, 0.1) is 6.42 Å². The quantitative estimate of drug-likeness (QED) is 0.677. The van der Waals surface area contributed by atoms with Crippen molar-refractivity contribution in [1.82, 2.24) is 10.8 Å². The number of carbonyl (C=O) groups excluding carboxylic acids is 1. The number of benzene rings is 2. The molecule has 0 spiro atoms. The number of carboxylic acids is 1. The van der Waals surface area contributed by atoms with Gasteiger partial charge in [-0.25, -0.2) is 4.79 Å². The normalized spacial score (nSPS) is 16.7. The molecule has 2 aromatic rings. The van der Waals surface area contributed by atoms with Gasteiger partial charge in [0, 0.05) is 19.0 Å². The van der Waals surface area contributed by atoms with Crippen molar-refractivity contribution in [3.63, 3.8) is 0 Å². The fourth-order valence-corrected chi connectivity index (χ4v) is 3.69. The summed E-state index contributed by atoms with van der Waals surface area (Å²) in [7, 11) is 0. The standard InChI is InChI=1S/C20H20N2O5/c23-18(24)9-20(11-21-12-20)27-22-19(25)26-10-17-15-7-3-1-5-13(15)14-6-2-4-8-16(14)17/h1-8,17,21H,9-12H2,(H,22,25)(H,23,24). The molecule has 0 aromatic heterocycles. The highest BCUT2D eigenvalue weighted by molar-refractivity contribution is 5.79. The zero-order chi connectivity index (χ0) is 18.9. The highest BCUT2D eigenvalue weighted by Crippen LogP contribution is 2.44. The Balaban J connectivity index is 1.39. The third-order valence-corrected chi connectivity index (χ3v) is 5.06. The topological polar surface area (TPSA) is 96.9 Å². The molecular formula is C20H20N2O5. The van der Waals surface area contributed by atoms with Gasteiger partial charge in [-0.15, -0.1) is 0 Å². The summed E-state index contributed by atoms with van der Waals surface area (Å²) in [6, 6.07) is 16.1. The van der Waals surface area contributed by atoms with Gasteiger partial charge >= 0.3 is 12.1 Å². The highest BCUT2D eigenvalue weighted by atomic mass is 16.7. The third kappa shape index (κ3) is 3.39. The molecule has 2 aliphatic rings. The molecule has 0 saturated carbocycles. The molecule has 7 nitrogen and oxygen atoms in total. The van der Waals surface area contributed by atoms with E-state index in [9.17, 15) is 9.59 Å². The average molecular weight is 368 g/mol. The van der Waals surface area contributed by atoms with Gasteiger partial charge in [-0.1, -0.05) is 48.5 Å². The molecule has 1 aliphatic carbocycles. The van der Waals surface area contributed by atoms with Crippen LogP contribution in [0.25, 0.3) is 11.1 Å². The largest absolute Gasteiger partial charge is 0.481 e. The molecule has 1 fully saturated rings. The second kappa shape index (κ2) is 7.02. The number of hydrogen-bond donors (Lipinski definition) is 3. The summed E-state index contributed by atoms with van der Waals surface area (Å²) in [5, 5.41) is 11.9. The molecule has 1 amide bonds. The maximum Gasteiger partial charge on any atom is 0.431 e. The Kier molecular flexibility index (Phi) is 4.55. The minimum atomic E-state index is -0.981. The molecule has 0 atom stereocenters. The second-order valence-electron chi connectivity index (χ2n) is 6.89. The summed E-state index contributed by atoms with van der Waals surface area (Å²) in [6.45, 7) is 0.902. The lowest BCUT2D eigenvalue weighted by atomic mass is 9.93. The number of hydroxylamine groups is 1. The monoisotopic (exact) mass is 368 g/mol. The molecule has 27 heavy (non-hydrogen) atoms. The number of carbonyl (C=O) groups is 2. The molecule has 3 N–H and O–H groups in total. The molecule has 0 radical (unpaired) electrons. The lowest BCUT2D eigenvalue weighted by Gasteiger charge is -2.39. The Hall–Kier alpha value is -2.90. The Bertz CT molecular complexity index is 833. The Morgan fingerprint density at radius 3 is 2.19 bits per heavy atom. The maximum absolute atomic E-state index is 12.1. The lowest BCUT2D eigenvalue weighted by Crippen LogP contribution is -2.64. The molecule has 0 bridgehead atoms. The Morgan fingerprint density at radius 1 is 1.07 bits per heavy atom. The van der Waals surface area contributed by atoms with Crippen molar-refractivity contribution in [3.8, 4) is 11.1 Å². The van der Waals surface area contributed by atoms with E-state index in [-0.39, 0.29) is 18.9 Å². The van der Waals surface area contributed by atoms with Gasteiger partial charge in [0.2, 0.25) is 0 Å². The number of nitrogens with one attached hydrogen (secondary N) is 2. The number of amides is 1. The van der Waals surface area contributed by atoms with Crippen molar-refractivity contribution in [3.05, 3.63) is 59.7 Å². The Morgan fingerprint density at radius 2 is 1.67 bits per heavy atom. The Labute approximate surface area is 156 Å². The van der Waals surface area contributed by atoms with Gasteiger partial charge < -0.3 is 15.2 Å². The van der Waals surface area contributed by atoms with Gasteiger partial charge in [0.15, 0.2) is 0 Å². The van der Waals surface area contributed by atoms with Gasteiger partial charge in [-0.3, -0.25) is 9.63 Å². The van der Waals surface area contributed by atoms with E-state index in [0.717, 1.165) is 22.3 Å². The van der Waals surface area contributed by atoms with Crippen LogP contribution in [0.1, 0.15) is 23.5 Å². The van der Waals surface area contributed by atoms with Crippen molar-refractivity contribution in [2.75, 3.05) is 19.7 Å². The molecule has 1 aliphatic heterocycles. The first-order valence-corrected chi connectivity index (χ1v) is 8.79. The summed E-state index contributed by atoms with van der Waals surface area (Å²) in [5.74, 6) is -1.02. The van der Waals surface area contributed by atoms with Crippen molar-refractivity contribution in [1.29, 1.82) is 0 Å². The third-order valence-electron chi connectivity index (χ3n) is 5.06. The molecule has 4 rings (SSSR count). The number of ether oxygens (including phenoxy) is 1.